The normalized spacial score (nSPS) is 20.7. The quantitative estimate of drug-likeness (QED) is 0.818. The molecule has 0 unspecified atom stereocenters. The van der Waals surface area contributed by atoms with E-state index in [1.807, 2.05) is 11.8 Å². The summed E-state index contributed by atoms with van der Waals surface area (Å²) in [7, 11) is 0. The second-order valence-electron chi connectivity index (χ2n) is 5.31. The van der Waals surface area contributed by atoms with Crippen LogP contribution in [0.4, 0.5) is 5.82 Å². The molecule has 0 saturated carbocycles. The first-order valence-electron chi connectivity index (χ1n) is 7.18. The molecule has 2 aliphatic rings. The highest BCUT2D eigenvalue weighted by Gasteiger charge is 2.32. The van der Waals surface area contributed by atoms with E-state index >= 15 is 0 Å². The highest BCUT2D eigenvalue weighted by Crippen LogP contribution is 2.35. The van der Waals surface area contributed by atoms with Crippen molar-refractivity contribution in [1.82, 2.24) is 9.78 Å². The van der Waals surface area contributed by atoms with Crippen molar-refractivity contribution in [2.24, 2.45) is 0 Å². The predicted molar refractivity (Wildman–Crippen MR) is 72.4 cm³/mol. The average molecular weight is 263 g/mol. The Labute approximate surface area is 113 Å². The van der Waals surface area contributed by atoms with Crippen LogP contribution < -0.4 is 4.90 Å². The fourth-order valence-corrected chi connectivity index (χ4v) is 3.14. The molecule has 1 amide bonds. The van der Waals surface area contributed by atoms with E-state index in [9.17, 15) is 4.79 Å². The Hall–Kier alpha value is -1.36. The largest absolute Gasteiger partial charge is 0.381 e. The van der Waals surface area contributed by atoms with Crippen molar-refractivity contribution in [1.29, 1.82) is 0 Å². The zero-order valence-electron chi connectivity index (χ0n) is 11.7. The van der Waals surface area contributed by atoms with Crippen molar-refractivity contribution in [2.45, 2.75) is 45.6 Å². The summed E-state index contributed by atoms with van der Waals surface area (Å²) < 4.78 is 7.52. The summed E-state index contributed by atoms with van der Waals surface area (Å²) >= 11 is 0. The number of anilines is 1. The minimum atomic E-state index is 0.225. The van der Waals surface area contributed by atoms with Gasteiger partial charge in [0.15, 0.2) is 0 Å². The van der Waals surface area contributed by atoms with Gasteiger partial charge in [0.25, 0.3) is 0 Å². The van der Waals surface area contributed by atoms with Gasteiger partial charge in [-0.15, -0.1) is 0 Å². The van der Waals surface area contributed by atoms with Crippen LogP contribution >= 0.6 is 0 Å². The monoisotopic (exact) mass is 263 g/mol. The number of hydrogen-bond donors (Lipinski definition) is 0. The molecular formula is C14H21N3O2. The van der Waals surface area contributed by atoms with Gasteiger partial charge >= 0.3 is 0 Å². The minimum Gasteiger partial charge on any atom is -0.381 e. The summed E-state index contributed by atoms with van der Waals surface area (Å²) in [6, 6.07) is 0.371. The molecule has 2 aliphatic heterocycles. The first kappa shape index (κ1) is 12.7. The van der Waals surface area contributed by atoms with E-state index in [0.29, 0.717) is 12.5 Å². The van der Waals surface area contributed by atoms with Crippen molar-refractivity contribution < 1.29 is 9.53 Å². The molecule has 1 fully saturated rings. The Balaban J connectivity index is 2.03. The predicted octanol–water partition coefficient (Wildman–Crippen LogP) is 1.84. The molecule has 5 nitrogen and oxygen atoms in total. The second kappa shape index (κ2) is 4.96. The number of carbonyl (C=O) groups excluding carboxylic acids is 1. The van der Waals surface area contributed by atoms with Crippen LogP contribution in [0, 0.1) is 6.92 Å². The Bertz CT molecular complexity index is 489. The van der Waals surface area contributed by atoms with Gasteiger partial charge in [-0.25, -0.2) is 4.68 Å². The van der Waals surface area contributed by atoms with Gasteiger partial charge in [-0.05, 0) is 33.1 Å². The van der Waals surface area contributed by atoms with Gasteiger partial charge in [0.05, 0.1) is 11.7 Å². The van der Waals surface area contributed by atoms with Crippen molar-refractivity contribution in [3.05, 3.63) is 11.3 Å². The average Bonchev–Trinajstić information content (AvgIpc) is 2.77. The molecule has 104 valence electrons. The summed E-state index contributed by atoms with van der Waals surface area (Å²) in [6.07, 6.45) is 3.42. The van der Waals surface area contributed by atoms with E-state index < -0.39 is 0 Å². The fourth-order valence-electron chi connectivity index (χ4n) is 3.14. The summed E-state index contributed by atoms with van der Waals surface area (Å²) in [5, 5.41) is 4.72. The Morgan fingerprint density at radius 2 is 2.05 bits per heavy atom. The maximum Gasteiger partial charge on any atom is 0.228 e. The molecule has 5 heteroatoms. The van der Waals surface area contributed by atoms with Gasteiger partial charge in [0.1, 0.15) is 5.82 Å². The smallest absolute Gasteiger partial charge is 0.228 e. The molecule has 0 atom stereocenters. The number of fused-ring (bicyclic) bond motifs is 1. The number of nitrogens with zero attached hydrogens (tertiary/aromatic N) is 3. The highest BCUT2D eigenvalue weighted by atomic mass is 16.5. The van der Waals surface area contributed by atoms with Crippen LogP contribution in [-0.2, 0) is 16.0 Å². The maximum absolute atomic E-state index is 12.1. The lowest BCUT2D eigenvalue weighted by Gasteiger charge is -2.31. The van der Waals surface area contributed by atoms with Gasteiger partial charge in [0.2, 0.25) is 5.91 Å². The third kappa shape index (κ3) is 2.06. The number of aromatic nitrogens is 2. The SMILES string of the molecule is CCN1C(=O)CCc2c(C)nn(C3CCOCC3)c21. The number of aryl methyl sites for hydroxylation is 1. The number of carbonyl (C=O) groups is 1. The standard InChI is InChI=1S/C14H21N3O2/c1-3-16-13(18)5-4-12-10(2)15-17(14(12)16)11-6-8-19-9-7-11/h11H,3-9H2,1-2H3. The molecule has 19 heavy (non-hydrogen) atoms. The molecule has 0 bridgehead atoms. The Kier molecular flexibility index (Phi) is 3.31. The lowest BCUT2D eigenvalue weighted by atomic mass is 10.0. The van der Waals surface area contributed by atoms with Crippen LogP contribution in [0.25, 0.3) is 0 Å². The summed E-state index contributed by atoms with van der Waals surface area (Å²) in [5.41, 5.74) is 2.33. The van der Waals surface area contributed by atoms with Gasteiger partial charge < -0.3 is 4.74 Å². The van der Waals surface area contributed by atoms with E-state index in [-0.39, 0.29) is 5.91 Å². The Morgan fingerprint density at radius 1 is 1.32 bits per heavy atom. The van der Waals surface area contributed by atoms with Crippen LogP contribution in [0.2, 0.25) is 0 Å². The molecule has 3 rings (SSSR count). The zero-order valence-corrected chi connectivity index (χ0v) is 11.7. The van der Waals surface area contributed by atoms with Crippen molar-refractivity contribution in [2.75, 3.05) is 24.7 Å². The van der Waals surface area contributed by atoms with E-state index in [4.69, 9.17) is 9.84 Å². The van der Waals surface area contributed by atoms with Crippen molar-refractivity contribution in [3.8, 4) is 0 Å². The van der Waals surface area contributed by atoms with Crippen LogP contribution in [0.3, 0.4) is 0 Å². The number of amides is 1. The summed E-state index contributed by atoms with van der Waals surface area (Å²) in [6.45, 7) is 6.39. The van der Waals surface area contributed by atoms with Crippen molar-refractivity contribution >= 4 is 11.7 Å². The zero-order chi connectivity index (χ0) is 13.4. The third-order valence-corrected chi connectivity index (χ3v) is 4.18. The van der Waals surface area contributed by atoms with Gasteiger partial charge in [-0.3, -0.25) is 9.69 Å². The van der Waals surface area contributed by atoms with Crippen molar-refractivity contribution in [3.63, 3.8) is 0 Å². The molecule has 3 heterocycles. The third-order valence-electron chi connectivity index (χ3n) is 4.18. The van der Waals surface area contributed by atoms with Crippen LogP contribution in [0.15, 0.2) is 0 Å². The summed E-state index contributed by atoms with van der Waals surface area (Å²) in [4.78, 5) is 14.0. The molecule has 1 saturated heterocycles. The number of hydrogen-bond acceptors (Lipinski definition) is 3. The fraction of sp³-hybridized carbons (Fsp3) is 0.714. The molecule has 1 aromatic heterocycles. The number of rotatable bonds is 2. The summed E-state index contributed by atoms with van der Waals surface area (Å²) in [5.74, 6) is 1.27. The van der Waals surface area contributed by atoms with E-state index in [2.05, 4.69) is 11.6 Å². The minimum absolute atomic E-state index is 0.225. The van der Waals surface area contributed by atoms with E-state index in [1.54, 1.807) is 0 Å². The highest BCUT2D eigenvalue weighted by molar-refractivity contribution is 5.95. The van der Waals surface area contributed by atoms with E-state index in [0.717, 1.165) is 50.5 Å². The first-order chi connectivity index (χ1) is 9.22. The van der Waals surface area contributed by atoms with Crippen LogP contribution in [0.5, 0.6) is 0 Å². The van der Waals surface area contributed by atoms with E-state index in [1.165, 1.54) is 5.56 Å². The molecule has 1 aromatic rings. The molecule has 0 aliphatic carbocycles. The molecule has 0 N–H and O–H groups in total. The van der Waals surface area contributed by atoms with Crippen LogP contribution in [0.1, 0.15) is 43.5 Å². The molecule has 0 radical (unpaired) electrons. The molecular weight excluding hydrogens is 242 g/mol. The number of ether oxygens (including phenoxy) is 1. The lowest BCUT2D eigenvalue weighted by molar-refractivity contribution is -0.118. The van der Waals surface area contributed by atoms with Crippen LogP contribution in [-0.4, -0.2) is 35.4 Å². The van der Waals surface area contributed by atoms with Gasteiger partial charge in [-0.1, -0.05) is 0 Å². The van der Waals surface area contributed by atoms with Gasteiger partial charge in [0, 0.05) is 31.7 Å². The molecule has 0 aromatic carbocycles. The maximum atomic E-state index is 12.1. The van der Waals surface area contributed by atoms with Gasteiger partial charge in [-0.2, -0.15) is 5.10 Å². The Morgan fingerprint density at radius 3 is 2.74 bits per heavy atom. The topological polar surface area (TPSA) is 47.4 Å². The molecule has 0 spiro atoms. The lowest BCUT2D eigenvalue weighted by Crippen LogP contribution is -2.37. The first-order valence-corrected chi connectivity index (χ1v) is 7.18. The second-order valence-corrected chi connectivity index (χ2v) is 5.31.